The van der Waals surface area contributed by atoms with Gasteiger partial charge in [0.1, 0.15) is 17.0 Å². The number of fused-ring (bicyclic) bond motifs is 1. The van der Waals surface area contributed by atoms with Crippen molar-refractivity contribution < 1.29 is 26.7 Å². The van der Waals surface area contributed by atoms with Crippen LogP contribution in [0.1, 0.15) is 44.6 Å². The first-order valence-electron chi connectivity index (χ1n) is 11.2. The van der Waals surface area contributed by atoms with Crippen molar-refractivity contribution in [1.29, 1.82) is 0 Å². The number of nitrogens with zero attached hydrogens (tertiary/aromatic N) is 4. The molecule has 2 fully saturated rings. The summed E-state index contributed by atoms with van der Waals surface area (Å²) in [6.45, 7) is 0. The molecule has 0 atom stereocenters. The number of alkyl halides is 2. The minimum Gasteiger partial charge on any atom is -0.369 e. The molecule has 0 aliphatic heterocycles. The van der Waals surface area contributed by atoms with Crippen molar-refractivity contribution in [2.45, 2.75) is 56.5 Å². The summed E-state index contributed by atoms with van der Waals surface area (Å²) in [6.07, 6.45) is 2.77. The van der Waals surface area contributed by atoms with Gasteiger partial charge in [-0.1, -0.05) is 0 Å². The van der Waals surface area contributed by atoms with Gasteiger partial charge in [0.2, 0.25) is 17.8 Å². The lowest BCUT2D eigenvalue weighted by atomic mass is 9.85. The number of benzene rings is 1. The summed E-state index contributed by atoms with van der Waals surface area (Å²) in [5, 5.41) is 5.48. The van der Waals surface area contributed by atoms with Gasteiger partial charge in [-0.2, -0.15) is 4.98 Å². The Kier molecular flexibility index (Phi) is 5.72. The monoisotopic (exact) mass is 495 g/mol. The number of imidazole rings is 1. The number of carbonyl (C=O) groups is 1. The summed E-state index contributed by atoms with van der Waals surface area (Å²) >= 11 is 0. The molecule has 2 aromatic heterocycles. The average molecular weight is 495 g/mol. The zero-order valence-corrected chi connectivity index (χ0v) is 18.4. The number of amides is 1. The van der Waals surface area contributed by atoms with Crippen LogP contribution in [0.2, 0.25) is 0 Å². The number of hydrogen-bond acceptors (Lipinski definition) is 6. The molecule has 0 radical (unpaired) electrons. The molecule has 13 heteroatoms. The lowest BCUT2D eigenvalue weighted by Gasteiger charge is -2.35. The molecule has 5 rings (SSSR count). The molecular weight excluding hydrogens is 473 g/mol. The van der Waals surface area contributed by atoms with Crippen molar-refractivity contribution >= 4 is 34.7 Å². The van der Waals surface area contributed by atoms with E-state index < -0.39 is 35.1 Å². The first-order chi connectivity index (χ1) is 16.6. The van der Waals surface area contributed by atoms with E-state index in [2.05, 4.69) is 25.6 Å². The minimum atomic E-state index is -2.72. The van der Waals surface area contributed by atoms with Gasteiger partial charge in [0.05, 0.1) is 6.20 Å². The maximum atomic E-state index is 14.4. The average Bonchev–Trinajstić information content (AvgIpc) is 3.12. The second kappa shape index (κ2) is 8.61. The van der Waals surface area contributed by atoms with E-state index in [0.717, 1.165) is 0 Å². The number of anilines is 3. The van der Waals surface area contributed by atoms with Crippen molar-refractivity contribution in [3.63, 3.8) is 0 Å². The van der Waals surface area contributed by atoms with E-state index in [9.17, 15) is 26.7 Å². The second-order valence-electron chi connectivity index (χ2n) is 9.09. The van der Waals surface area contributed by atoms with Crippen LogP contribution < -0.4 is 16.4 Å². The van der Waals surface area contributed by atoms with Crippen LogP contribution in [0.25, 0.3) is 11.2 Å². The van der Waals surface area contributed by atoms with Gasteiger partial charge in [0.25, 0.3) is 5.92 Å². The van der Waals surface area contributed by atoms with Gasteiger partial charge in [-0.25, -0.2) is 31.9 Å². The quantitative estimate of drug-likeness (QED) is 0.437. The molecule has 0 bridgehead atoms. The number of hydrogen-bond donors (Lipinski definition) is 3. The summed E-state index contributed by atoms with van der Waals surface area (Å²) in [5.41, 5.74) is 5.47. The molecule has 2 heterocycles. The molecule has 0 spiro atoms. The Morgan fingerprint density at radius 1 is 1.06 bits per heavy atom. The third kappa shape index (κ3) is 4.58. The van der Waals surface area contributed by atoms with Crippen LogP contribution in [0, 0.1) is 23.4 Å². The Balaban J connectivity index is 1.51. The molecule has 1 aromatic carbocycles. The Morgan fingerprint density at radius 3 is 2.31 bits per heavy atom. The molecular formula is C22H22F5N7O. The zero-order valence-electron chi connectivity index (χ0n) is 18.4. The first kappa shape index (κ1) is 23.2. The lowest BCUT2D eigenvalue weighted by Crippen LogP contribution is -2.44. The number of primary amides is 1. The molecule has 2 saturated carbocycles. The number of nitrogens with two attached hydrogens (primary N) is 1. The van der Waals surface area contributed by atoms with Crippen LogP contribution in [-0.2, 0) is 4.79 Å². The van der Waals surface area contributed by atoms with Crippen LogP contribution >= 0.6 is 0 Å². The highest BCUT2D eigenvalue weighted by molar-refractivity contribution is 5.78. The van der Waals surface area contributed by atoms with E-state index in [1.165, 1.54) is 6.20 Å². The van der Waals surface area contributed by atoms with Gasteiger partial charge in [-0.3, -0.25) is 9.36 Å². The van der Waals surface area contributed by atoms with Crippen molar-refractivity contribution in [1.82, 2.24) is 19.5 Å². The molecule has 8 nitrogen and oxygen atoms in total. The van der Waals surface area contributed by atoms with E-state index in [-0.39, 0.29) is 42.6 Å². The Hall–Kier alpha value is -3.51. The normalized spacial score (nSPS) is 22.1. The molecule has 4 N–H and O–H groups in total. The third-order valence-corrected chi connectivity index (χ3v) is 6.56. The summed E-state index contributed by atoms with van der Waals surface area (Å²) < 4.78 is 70.2. The van der Waals surface area contributed by atoms with Crippen molar-refractivity contribution in [2.75, 3.05) is 10.6 Å². The summed E-state index contributed by atoms with van der Waals surface area (Å²) in [7, 11) is 0. The number of halogens is 5. The molecule has 35 heavy (non-hydrogen) atoms. The number of carbonyl (C=O) groups excluding carboxylic acids is 1. The lowest BCUT2D eigenvalue weighted by molar-refractivity contribution is -0.122. The standard InChI is InChI=1S/C22H22F5N7O/c23-11-5-14(24)17(15(25)6-11)32-21-31-16-9-29-20(30-12-7-22(26,27)8-12)33-19(16)34(21)13-3-1-10(2-4-13)18(28)35/h5-6,9-10,12-13H,1-4,7-8H2,(H2,28,35)(H,31,32)(H,29,30,33)/t10-,13-. The van der Waals surface area contributed by atoms with Gasteiger partial charge >= 0.3 is 0 Å². The molecule has 3 aromatic rings. The Labute approximate surface area is 196 Å². The summed E-state index contributed by atoms with van der Waals surface area (Å²) in [4.78, 5) is 24.6. The van der Waals surface area contributed by atoms with Crippen molar-refractivity contribution in [3.05, 3.63) is 35.8 Å². The van der Waals surface area contributed by atoms with E-state index in [1.54, 1.807) is 4.57 Å². The Morgan fingerprint density at radius 2 is 1.71 bits per heavy atom. The maximum Gasteiger partial charge on any atom is 0.252 e. The van der Waals surface area contributed by atoms with Crippen LogP contribution in [-0.4, -0.2) is 37.4 Å². The smallest absolute Gasteiger partial charge is 0.252 e. The molecule has 1 amide bonds. The first-order valence-corrected chi connectivity index (χ1v) is 11.2. The van der Waals surface area contributed by atoms with Gasteiger partial charge in [0.15, 0.2) is 17.3 Å². The predicted octanol–water partition coefficient (Wildman–Crippen LogP) is 4.41. The Bertz CT molecular complexity index is 1260. The fraction of sp³-hybridized carbons (Fsp3) is 0.455. The van der Waals surface area contributed by atoms with Crippen molar-refractivity contribution in [2.24, 2.45) is 11.7 Å². The van der Waals surface area contributed by atoms with E-state index in [0.29, 0.717) is 49.0 Å². The second-order valence-corrected chi connectivity index (χ2v) is 9.09. The van der Waals surface area contributed by atoms with Crippen molar-refractivity contribution in [3.8, 4) is 0 Å². The SMILES string of the molecule is NC(=O)[C@H]1CC[C@H](n2c(Nc3c(F)cc(F)cc3F)nc3cnc(NC4CC(F)(F)C4)nc32)CC1. The number of rotatable bonds is 6. The highest BCUT2D eigenvalue weighted by atomic mass is 19.3. The van der Waals surface area contributed by atoms with Gasteiger partial charge in [-0.05, 0) is 25.7 Å². The molecule has 0 unspecified atom stereocenters. The molecule has 2 aliphatic rings. The largest absolute Gasteiger partial charge is 0.369 e. The number of aromatic nitrogens is 4. The van der Waals surface area contributed by atoms with Gasteiger partial charge in [0, 0.05) is 43.0 Å². The third-order valence-electron chi connectivity index (χ3n) is 6.56. The highest BCUT2D eigenvalue weighted by Crippen LogP contribution is 2.40. The van der Waals surface area contributed by atoms with E-state index in [4.69, 9.17) is 5.73 Å². The summed E-state index contributed by atoms with van der Waals surface area (Å²) in [6, 6.07) is 0.365. The van der Waals surface area contributed by atoms with Gasteiger partial charge < -0.3 is 16.4 Å². The van der Waals surface area contributed by atoms with Crippen LogP contribution in [0.3, 0.4) is 0 Å². The fourth-order valence-corrected chi connectivity index (χ4v) is 4.73. The van der Waals surface area contributed by atoms with Crippen LogP contribution in [0.4, 0.5) is 39.5 Å². The fourth-order valence-electron chi connectivity index (χ4n) is 4.73. The predicted molar refractivity (Wildman–Crippen MR) is 117 cm³/mol. The topological polar surface area (TPSA) is 111 Å². The highest BCUT2D eigenvalue weighted by Gasteiger charge is 2.45. The number of nitrogens with one attached hydrogen (secondary N) is 2. The molecule has 186 valence electrons. The summed E-state index contributed by atoms with van der Waals surface area (Å²) in [5.74, 6) is -6.56. The maximum absolute atomic E-state index is 14.4. The van der Waals surface area contributed by atoms with Crippen LogP contribution in [0.15, 0.2) is 18.3 Å². The van der Waals surface area contributed by atoms with Crippen LogP contribution in [0.5, 0.6) is 0 Å². The molecule has 0 saturated heterocycles. The van der Waals surface area contributed by atoms with E-state index >= 15 is 0 Å². The van der Waals surface area contributed by atoms with E-state index in [1.807, 2.05) is 0 Å². The molecule has 2 aliphatic carbocycles. The van der Waals surface area contributed by atoms with Gasteiger partial charge in [-0.15, -0.1) is 0 Å². The zero-order chi connectivity index (χ0) is 24.9. The minimum absolute atomic E-state index is 0.0496.